The fourth-order valence-electron chi connectivity index (χ4n) is 3.90. The molecule has 1 saturated carbocycles. The highest BCUT2D eigenvalue weighted by Gasteiger charge is 2.36. The van der Waals surface area contributed by atoms with E-state index in [9.17, 15) is 26.4 Å². The third kappa shape index (κ3) is 7.37. The van der Waals surface area contributed by atoms with Crippen LogP contribution >= 0.6 is 0 Å². The maximum absolute atomic E-state index is 15.7. The highest BCUT2D eigenvalue weighted by molar-refractivity contribution is 7.92. The van der Waals surface area contributed by atoms with Gasteiger partial charge in [0.25, 0.3) is 0 Å². The largest absolute Gasteiger partial charge is 0.453 e. The fourth-order valence-corrected chi connectivity index (χ4v) is 4.88. The first-order chi connectivity index (χ1) is 18.7. The van der Waals surface area contributed by atoms with Gasteiger partial charge in [-0.1, -0.05) is 0 Å². The molecule has 1 amide bonds. The SMILES string of the molecule is COC(=O)N[C@@H](C)CNc1nccc(-c2[nH]c(C3CC3)nc2-c2cc(C)cc(NS(=O)(=O)CC(F)(F)F)c2F)n1. The number of amides is 1. The maximum atomic E-state index is 15.7. The number of aromatic amines is 1. The molecule has 0 spiro atoms. The Morgan fingerprint density at radius 1 is 1.25 bits per heavy atom. The molecule has 0 radical (unpaired) electrons. The standard InChI is InChI=1S/C24H27F4N7O4S/c1-12-8-15(18(25)17(9-12)35-40(37,38)11-24(26,27)28)19-20(34-21(33-19)14-4-5-14)16-6-7-29-22(32-16)30-10-13(2)31-23(36)39-3/h6-9,13-14,35H,4-5,10-11H2,1-3H3,(H,31,36)(H,33,34)(H,29,30,32)/t13-/m0/s1. The summed E-state index contributed by atoms with van der Waals surface area (Å²) in [7, 11) is -3.68. The number of aromatic nitrogens is 4. The lowest BCUT2D eigenvalue weighted by Crippen LogP contribution is -2.37. The summed E-state index contributed by atoms with van der Waals surface area (Å²) in [6.45, 7) is 3.55. The predicted molar refractivity (Wildman–Crippen MR) is 139 cm³/mol. The van der Waals surface area contributed by atoms with E-state index in [1.54, 1.807) is 24.6 Å². The summed E-state index contributed by atoms with van der Waals surface area (Å²) in [5.41, 5.74) is 0.414. The van der Waals surface area contributed by atoms with Crippen molar-refractivity contribution < 1.29 is 35.5 Å². The number of alkyl halides is 3. The van der Waals surface area contributed by atoms with Crippen LogP contribution in [0.3, 0.4) is 0 Å². The Kier molecular flexibility index (Phi) is 8.18. The van der Waals surface area contributed by atoms with Gasteiger partial charge in [-0.15, -0.1) is 0 Å². The molecule has 16 heteroatoms. The van der Waals surface area contributed by atoms with Gasteiger partial charge in [-0.05, 0) is 50.5 Å². The van der Waals surface area contributed by atoms with Crippen LogP contribution in [-0.2, 0) is 14.8 Å². The van der Waals surface area contributed by atoms with Crippen molar-refractivity contribution in [3.63, 3.8) is 0 Å². The average molecular weight is 586 g/mol. The zero-order chi connectivity index (χ0) is 29.2. The molecular weight excluding hydrogens is 558 g/mol. The molecule has 3 aromatic rings. The molecule has 1 fully saturated rings. The molecule has 1 aromatic carbocycles. The summed E-state index contributed by atoms with van der Waals surface area (Å²) in [6.07, 6.45) is -2.40. The van der Waals surface area contributed by atoms with Crippen LogP contribution in [0.4, 0.5) is 34.0 Å². The van der Waals surface area contributed by atoms with Gasteiger partial charge in [-0.25, -0.2) is 32.6 Å². The molecule has 2 aromatic heterocycles. The minimum atomic E-state index is -5.00. The van der Waals surface area contributed by atoms with E-state index in [1.165, 1.54) is 19.4 Å². The molecule has 4 rings (SSSR count). The minimum Gasteiger partial charge on any atom is -0.453 e. The molecule has 216 valence electrons. The Morgan fingerprint density at radius 2 is 1.98 bits per heavy atom. The van der Waals surface area contributed by atoms with Gasteiger partial charge in [0.1, 0.15) is 11.5 Å². The average Bonchev–Trinajstić information content (AvgIpc) is 3.61. The second kappa shape index (κ2) is 11.3. The number of ether oxygens (including phenoxy) is 1. The topological polar surface area (TPSA) is 151 Å². The summed E-state index contributed by atoms with van der Waals surface area (Å²) < 4.78 is 84.3. The number of aryl methyl sites for hydroxylation is 1. The van der Waals surface area contributed by atoms with Crippen LogP contribution in [0.15, 0.2) is 24.4 Å². The first-order valence-electron chi connectivity index (χ1n) is 12.1. The Bertz CT molecular complexity index is 1510. The third-order valence-corrected chi connectivity index (χ3v) is 7.04. The number of imidazole rings is 1. The number of hydrogen-bond acceptors (Lipinski definition) is 8. The minimum absolute atomic E-state index is 0.116. The Labute approximate surface area is 227 Å². The van der Waals surface area contributed by atoms with Crippen LogP contribution in [0.1, 0.15) is 37.1 Å². The van der Waals surface area contributed by atoms with E-state index in [1.807, 2.05) is 0 Å². The van der Waals surface area contributed by atoms with Crippen LogP contribution in [0.5, 0.6) is 0 Å². The number of hydrogen-bond donors (Lipinski definition) is 4. The monoisotopic (exact) mass is 585 g/mol. The highest BCUT2D eigenvalue weighted by Crippen LogP contribution is 2.42. The number of rotatable bonds is 10. The zero-order valence-electron chi connectivity index (χ0n) is 21.7. The van der Waals surface area contributed by atoms with E-state index in [-0.39, 0.29) is 35.7 Å². The van der Waals surface area contributed by atoms with Gasteiger partial charge in [0.15, 0.2) is 11.6 Å². The van der Waals surface area contributed by atoms with Gasteiger partial charge >= 0.3 is 12.3 Å². The number of alkyl carbamates (subject to hydrolysis) is 1. The molecule has 0 aliphatic heterocycles. The van der Waals surface area contributed by atoms with Gasteiger partial charge < -0.3 is 20.4 Å². The first-order valence-corrected chi connectivity index (χ1v) is 13.8. The number of nitrogens with one attached hydrogen (secondary N) is 4. The number of halogens is 4. The van der Waals surface area contributed by atoms with E-state index in [0.29, 0.717) is 22.8 Å². The molecule has 1 aliphatic carbocycles. The van der Waals surface area contributed by atoms with Crippen molar-refractivity contribution in [1.82, 2.24) is 25.3 Å². The van der Waals surface area contributed by atoms with Crippen LogP contribution in [-0.4, -0.2) is 66.1 Å². The van der Waals surface area contributed by atoms with E-state index in [2.05, 4.69) is 35.3 Å². The number of anilines is 2. The molecule has 0 bridgehead atoms. The van der Waals surface area contributed by atoms with Crippen molar-refractivity contribution in [3.05, 3.63) is 41.6 Å². The van der Waals surface area contributed by atoms with E-state index in [4.69, 9.17) is 0 Å². The first kappa shape index (κ1) is 29.0. The number of benzene rings is 1. The van der Waals surface area contributed by atoms with Gasteiger partial charge in [-0.3, -0.25) is 4.72 Å². The molecule has 0 saturated heterocycles. The molecule has 40 heavy (non-hydrogen) atoms. The van der Waals surface area contributed by atoms with E-state index >= 15 is 4.39 Å². The number of H-pyrrole nitrogens is 1. The lowest BCUT2D eigenvalue weighted by molar-refractivity contribution is -0.106. The molecule has 1 aliphatic rings. The number of carbonyl (C=O) groups is 1. The quantitative estimate of drug-likeness (QED) is 0.257. The number of methoxy groups -OCH3 is 1. The summed E-state index contributed by atoms with van der Waals surface area (Å²) in [4.78, 5) is 27.8. The lowest BCUT2D eigenvalue weighted by atomic mass is 10.0. The Balaban J connectivity index is 1.69. The van der Waals surface area contributed by atoms with Crippen LogP contribution in [0.25, 0.3) is 22.6 Å². The van der Waals surface area contributed by atoms with E-state index < -0.39 is 39.6 Å². The van der Waals surface area contributed by atoms with Crippen molar-refractivity contribution in [3.8, 4) is 22.6 Å². The summed E-state index contributed by atoms with van der Waals surface area (Å²) in [5.74, 6) is -2.34. The molecule has 0 unspecified atom stereocenters. The molecule has 11 nitrogen and oxygen atoms in total. The van der Waals surface area contributed by atoms with Crippen molar-refractivity contribution in [2.75, 3.05) is 29.4 Å². The number of nitrogens with zero attached hydrogens (tertiary/aromatic N) is 3. The van der Waals surface area contributed by atoms with Gasteiger partial charge in [0.2, 0.25) is 16.0 Å². The lowest BCUT2D eigenvalue weighted by Gasteiger charge is -2.14. The molecule has 1 atom stereocenters. The smallest absolute Gasteiger partial charge is 0.407 e. The zero-order valence-corrected chi connectivity index (χ0v) is 22.5. The van der Waals surface area contributed by atoms with Crippen molar-refractivity contribution in [1.29, 1.82) is 0 Å². The second-order valence-electron chi connectivity index (χ2n) is 9.45. The summed E-state index contributed by atoms with van der Waals surface area (Å²) in [6, 6.07) is 3.77. The second-order valence-corrected chi connectivity index (χ2v) is 11.2. The van der Waals surface area contributed by atoms with Crippen molar-refractivity contribution in [2.45, 2.75) is 44.8 Å². The number of sulfonamides is 1. The number of carbonyl (C=O) groups excluding carboxylic acids is 1. The van der Waals surface area contributed by atoms with Crippen LogP contribution in [0.2, 0.25) is 0 Å². The Morgan fingerprint density at radius 3 is 2.62 bits per heavy atom. The summed E-state index contributed by atoms with van der Waals surface area (Å²) in [5, 5.41) is 5.59. The normalized spacial score (nSPS) is 14.5. The molecular formula is C24H27F4N7O4S. The molecule has 4 N–H and O–H groups in total. The molecule has 2 heterocycles. The predicted octanol–water partition coefficient (Wildman–Crippen LogP) is 4.32. The summed E-state index contributed by atoms with van der Waals surface area (Å²) >= 11 is 0. The third-order valence-electron chi connectivity index (χ3n) is 5.81. The van der Waals surface area contributed by atoms with E-state index in [0.717, 1.165) is 18.9 Å². The van der Waals surface area contributed by atoms with Crippen molar-refractivity contribution in [2.24, 2.45) is 0 Å². The fraction of sp³-hybridized carbons (Fsp3) is 0.417. The van der Waals surface area contributed by atoms with Gasteiger partial charge in [0, 0.05) is 30.3 Å². The Hall–Kier alpha value is -3.95. The van der Waals surface area contributed by atoms with Crippen LogP contribution < -0.4 is 15.4 Å². The van der Waals surface area contributed by atoms with Gasteiger partial charge in [0.05, 0.1) is 24.2 Å². The van der Waals surface area contributed by atoms with Crippen molar-refractivity contribution >= 4 is 27.8 Å². The van der Waals surface area contributed by atoms with Crippen LogP contribution in [0, 0.1) is 12.7 Å². The van der Waals surface area contributed by atoms with Gasteiger partial charge in [-0.2, -0.15) is 13.2 Å². The highest BCUT2D eigenvalue weighted by atomic mass is 32.2. The maximum Gasteiger partial charge on any atom is 0.407 e.